The van der Waals surface area contributed by atoms with E-state index in [0.717, 1.165) is 11.3 Å². The Balaban J connectivity index is 1.60. The van der Waals surface area contributed by atoms with Crippen molar-refractivity contribution >= 4 is 17.0 Å². The van der Waals surface area contributed by atoms with Gasteiger partial charge in [0.1, 0.15) is 30.4 Å². The number of nitrogens with one attached hydrogen (secondary N) is 1. The normalized spacial score (nSPS) is 25.3. The molecule has 0 aliphatic carbocycles. The molecule has 0 saturated carbocycles. The molecule has 10 nitrogen and oxygen atoms in total. The van der Waals surface area contributed by atoms with Crippen molar-refractivity contribution in [3.8, 4) is 5.75 Å². The van der Waals surface area contributed by atoms with Gasteiger partial charge < -0.3 is 30.1 Å². The number of imidazole rings is 1. The van der Waals surface area contributed by atoms with Crippen molar-refractivity contribution in [2.45, 2.75) is 37.5 Å². The fourth-order valence-corrected chi connectivity index (χ4v) is 3.43. The first-order valence-electron chi connectivity index (χ1n) is 9.24. The lowest BCUT2D eigenvalue weighted by atomic mass is 10.1. The summed E-state index contributed by atoms with van der Waals surface area (Å²) in [5, 5.41) is 32.9. The van der Waals surface area contributed by atoms with Crippen molar-refractivity contribution in [2.75, 3.05) is 19.0 Å². The number of aliphatic hydroxyl groups excluding tert-OH is 3. The number of hydrogen-bond donors (Lipinski definition) is 4. The highest BCUT2D eigenvalue weighted by Gasteiger charge is 2.44. The molecule has 1 aromatic carbocycles. The van der Waals surface area contributed by atoms with Crippen molar-refractivity contribution in [2.24, 2.45) is 0 Å². The van der Waals surface area contributed by atoms with Crippen LogP contribution in [0.3, 0.4) is 0 Å². The fourth-order valence-electron chi connectivity index (χ4n) is 3.43. The van der Waals surface area contributed by atoms with Crippen molar-refractivity contribution in [3.05, 3.63) is 42.5 Å². The number of aliphatic hydroxyl groups is 3. The van der Waals surface area contributed by atoms with E-state index >= 15 is 0 Å². The van der Waals surface area contributed by atoms with E-state index in [1.807, 2.05) is 31.2 Å². The van der Waals surface area contributed by atoms with E-state index in [0.29, 0.717) is 17.0 Å². The minimum Gasteiger partial charge on any atom is -0.497 e. The van der Waals surface area contributed by atoms with Crippen molar-refractivity contribution in [1.82, 2.24) is 19.5 Å². The SMILES string of the molecule is COc1ccc([C@H](C)Nc2ncnc3c2ncn3[C@@H]2O[C@H](CO)[C@H](O)C2O)cc1. The monoisotopic (exact) mass is 401 g/mol. The molecular formula is C19H23N5O5. The second-order valence-electron chi connectivity index (χ2n) is 6.91. The Morgan fingerprint density at radius 1 is 1.17 bits per heavy atom. The predicted octanol–water partition coefficient (Wildman–Crippen LogP) is 0.619. The predicted molar refractivity (Wildman–Crippen MR) is 103 cm³/mol. The van der Waals surface area contributed by atoms with Gasteiger partial charge in [0, 0.05) is 0 Å². The molecule has 0 spiro atoms. The van der Waals surface area contributed by atoms with Gasteiger partial charge in [0.25, 0.3) is 0 Å². The van der Waals surface area contributed by atoms with E-state index < -0.39 is 31.1 Å². The summed E-state index contributed by atoms with van der Waals surface area (Å²) in [5.41, 5.74) is 1.99. The number of nitrogens with zero attached hydrogens (tertiary/aromatic N) is 4. The second-order valence-corrected chi connectivity index (χ2v) is 6.91. The lowest BCUT2D eigenvalue weighted by Crippen LogP contribution is -2.33. The van der Waals surface area contributed by atoms with Crippen LogP contribution < -0.4 is 10.1 Å². The third-order valence-corrected chi connectivity index (χ3v) is 5.12. The molecule has 1 unspecified atom stereocenters. The van der Waals surface area contributed by atoms with Crippen LogP contribution in [0, 0.1) is 0 Å². The highest BCUT2D eigenvalue weighted by Crippen LogP contribution is 2.32. The van der Waals surface area contributed by atoms with Gasteiger partial charge in [-0.1, -0.05) is 12.1 Å². The first-order chi connectivity index (χ1) is 14.0. The number of anilines is 1. The molecule has 1 aliphatic heterocycles. The topological polar surface area (TPSA) is 135 Å². The van der Waals surface area contributed by atoms with E-state index in [1.54, 1.807) is 7.11 Å². The molecule has 154 valence electrons. The maximum absolute atomic E-state index is 10.3. The average Bonchev–Trinajstić information content (AvgIpc) is 3.30. The standard InChI is InChI=1S/C19H23N5O5/c1-10(11-3-5-12(28-2)6-4-11)23-17-14-18(21-8-20-17)24(9-22-14)19-16(27)15(26)13(7-25)29-19/h3-6,8-10,13,15-16,19,25-27H,7H2,1-2H3,(H,20,21,23)/t10-,13+,15-,16?,19+/m0/s1. The molecule has 0 radical (unpaired) electrons. The molecular weight excluding hydrogens is 378 g/mol. The molecule has 0 amide bonds. The van der Waals surface area contributed by atoms with Gasteiger partial charge in [-0.3, -0.25) is 4.57 Å². The smallest absolute Gasteiger partial charge is 0.167 e. The van der Waals surface area contributed by atoms with Gasteiger partial charge in [-0.25, -0.2) is 15.0 Å². The Bertz CT molecular complexity index is 979. The van der Waals surface area contributed by atoms with Crippen LogP contribution in [0.4, 0.5) is 5.82 Å². The molecule has 5 atom stereocenters. The van der Waals surface area contributed by atoms with Crippen molar-refractivity contribution in [3.63, 3.8) is 0 Å². The number of aromatic nitrogens is 4. The third kappa shape index (κ3) is 3.51. The van der Waals surface area contributed by atoms with Gasteiger partial charge in [0.15, 0.2) is 23.2 Å². The van der Waals surface area contributed by atoms with Gasteiger partial charge in [0.05, 0.1) is 26.1 Å². The van der Waals surface area contributed by atoms with E-state index in [-0.39, 0.29) is 6.04 Å². The fraction of sp³-hybridized carbons (Fsp3) is 0.421. The average molecular weight is 401 g/mol. The molecule has 10 heteroatoms. The number of hydrogen-bond acceptors (Lipinski definition) is 9. The first kappa shape index (κ1) is 19.5. The number of fused-ring (bicyclic) bond motifs is 1. The largest absolute Gasteiger partial charge is 0.497 e. The molecule has 4 rings (SSSR count). The third-order valence-electron chi connectivity index (χ3n) is 5.12. The Morgan fingerprint density at radius 2 is 1.93 bits per heavy atom. The number of rotatable bonds is 6. The summed E-state index contributed by atoms with van der Waals surface area (Å²) >= 11 is 0. The summed E-state index contributed by atoms with van der Waals surface area (Å²) in [5.74, 6) is 1.31. The Labute approximate surface area is 166 Å². The van der Waals surface area contributed by atoms with Gasteiger partial charge in [0.2, 0.25) is 0 Å². The summed E-state index contributed by atoms with van der Waals surface area (Å²) in [4.78, 5) is 12.9. The van der Waals surface area contributed by atoms with Crippen LogP contribution in [0.2, 0.25) is 0 Å². The lowest BCUT2D eigenvalue weighted by molar-refractivity contribution is -0.0511. The molecule has 2 aromatic heterocycles. The zero-order valence-electron chi connectivity index (χ0n) is 16.0. The van der Waals surface area contributed by atoms with Crippen LogP contribution >= 0.6 is 0 Å². The number of methoxy groups -OCH3 is 1. The summed E-state index contributed by atoms with van der Waals surface area (Å²) in [6.45, 7) is 1.60. The first-order valence-corrected chi connectivity index (χ1v) is 9.24. The summed E-state index contributed by atoms with van der Waals surface area (Å²) in [7, 11) is 1.62. The van der Waals surface area contributed by atoms with E-state index in [9.17, 15) is 15.3 Å². The lowest BCUT2D eigenvalue weighted by Gasteiger charge is -2.17. The van der Waals surface area contributed by atoms with Crippen molar-refractivity contribution in [1.29, 1.82) is 0 Å². The highest BCUT2D eigenvalue weighted by molar-refractivity contribution is 5.82. The molecule has 0 bridgehead atoms. The van der Waals surface area contributed by atoms with Gasteiger partial charge in [-0.15, -0.1) is 0 Å². The molecule has 29 heavy (non-hydrogen) atoms. The molecule has 3 heterocycles. The molecule has 3 aromatic rings. The van der Waals surface area contributed by atoms with E-state index in [1.165, 1.54) is 17.2 Å². The summed E-state index contributed by atoms with van der Waals surface area (Å²) in [6, 6.07) is 7.65. The van der Waals surface area contributed by atoms with Gasteiger partial charge in [-0.05, 0) is 24.6 Å². The van der Waals surface area contributed by atoms with E-state index in [4.69, 9.17) is 9.47 Å². The minimum absolute atomic E-state index is 0.0573. The van der Waals surface area contributed by atoms with E-state index in [2.05, 4.69) is 20.3 Å². The molecule has 1 saturated heterocycles. The maximum Gasteiger partial charge on any atom is 0.167 e. The quantitative estimate of drug-likeness (QED) is 0.469. The maximum atomic E-state index is 10.3. The number of benzene rings is 1. The van der Waals surface area contributed by atoms with Crippen LogP contribution in [0.1, 0.15) is 24.8 Å². The zero-order chi connectivity index (χ0) is 20.5. The van der Waals surface area contributed by atoms with Crippen LogP contribution in [0.15, 0.2) is 36.9 Å². The van der Waals surface area contributed by atoms with Gasteiger partial charge >= 0.3 is 0 Å². The highest BCUT2D eigenvalue weighted by atomic mass is 16.6. The van der Waals surface area contributed by atoms with Crippen LogP contribution in [0.5, 0.6) is 5.75 Å². The zero-order valence-corrected chi connectivity index (χ0v) is 16.0. The summed E-state index contributed by atoms with van der Waals surface area (Å²) in [6.07, 6.45) is -1.32. The Kier molecular flexibility index (Phi) is 5.33. The Hall–Kier alpha value is -2.79. The number of ether oxygens (including phenoxy) is 2. The van der Waals surface area contributed by atoms with Crippen LogP contribution in [0.25, 0.3) is 11.2 Å². The molecule has 1 fully saturated rings. The molecule has 1 aliphatic rings. The summed E-state index contributed by atoms with van der Waals surface area (Å²) < 4.78 is 12.3. The minimum atomic E-state index is -1.21. The molecule has 4 N–H and O–H groups in total. The van der Waals surface area contributed by atoms with Gasteiger partial charge in [-0.2, -0.15) is 0 Å². The van der Waals surface area contributed by atoms with Crippen LogP contribution in [-0.2, 0) is 4.74 Å². The van der Waals surface area contributed by atoms with Crippen LogP contribution in [-0.4, -0.2) is 66.9 Å². The van der Waals surface area contributed by atoms with Crippen molar-refractivity contribution < 1.29 is 24.8 Å². The Morgan fingerprint density at radius 3 is 2.59 bits per heavy atom. The second kappa shape index (κ2) is 7.91.